The molecule has 14 rings (SSSR count). The van der Waals surface area contributed by atoms with E-state index in [1.165, 1.54) is 138 Å². The van der Waals surface area contributed by atoms with Gasteiger partial charge in [0.15, 0.2) is 0 Å². The van der Waals surface area contributed by atoms with Crippen LogP contribution < -0.4 is 25.5 Å². The van der Waals surface area contributed by atoms with Crippen LogP contribution in [0.2, 0.25) is 0 Å². The number of fused-ring (bicyclic) bond motifs is 15. The molecule has 2 nitrogen and oxygen atoms in total. The fourth-order valence-electron chi connectivity index (χ4n) is 13.2. The van der Waals surface area contributed by atoms with Gasteiger partial charge in [-0.05, 0) is 157 Å². The molecule has 0 N–H and O–H groups in total. The predicted octanol–water partition coefficient (Wildman–Crippen LogP) is 17.0. The number of hydrogen-bond donors (Lipinski definition) is 0. The molecular weight excluding hydrogens is 912 g/mol. The Kier molecular flexibility index (Phi) is 9.68. The van der Waals surface area contributed by atoms with Gasteiger partial charge in [0.05, 0.1) is 11.1 Å². The Bertz CT molecular complexity index is 3910. The van der Waals surface area contributed by atoms with Crippen molar-refractivity contribution in [2.45, 2.75) is 78.6 Å². The summed E-state index contributed by atoms with van der Waals surface area (Å²) in [5.41, 5.74) is 30.5. The van der Waals surface area contributed by atoms with Crippen molar-refractivity contribution in [2.75, 3.05) is 9.80 Å². The van der Waals surface area contributed by atoms with Crippen LogP contribution in [-0.2, 0) is 16.2 Å². The highest BCUT2D eigenvalue weighted by molar-refractivity contribution is 7.30. The number of aryl methyl sites for hydroxylation is 3. The van der Waals surface area contributed by atoms with Crippen molar-refractivity contribution in [1.82, 2.24) is 0 Å². The topological polar surface area (TPSA) is 6.48 Å². The van der Waals surface area contributed by atoms with Gasteiger partial charge in [-0.3, -0.25) is 0 Å². The summed E-state index contributed by atoms with van der Waals surface area (Å²) < 4.78 is 1.40. The summed E-state index contributed by atoms with van der Waals surface area (Å²) in [5, 5.41) is 0. The lowest BCUT2D eigenvalue weighted by Crippen LogP contribution is -2.60. The maximum Gasteiger partial charge on any atom is 0.264 e. The van der Waals surface area contributed by atoms with Crippen LogP contribution in [0, 0.1) is 20.8 Å². The molecule has 1 spiro atoms. The van der Waals surface area contributed by atoms with Gasteiger partial charge in [-0.1, -0.05) is 204 Å². The van der Waals surface area contributed by atoms with Crippen LogP contribution >= 0.6 is 11.3 Å². The van der Waals surface area contributed by atoms with E-state index >= 15 is 0 Å². The van der Waals surface area contributed by atoms with Crippen molar-refractivity contribution >= 4 is 67.9 Å². The Balaban J connectivity index is 1.10. The fraction of sp³-hybridized carbons (Fsp3) is 0.171. The second kappa shape index (κ2) is 15.9. The zero-order valence-corrected chi connectivity index (χ0v) is 44.7. The van der Waals surface area contributed by atoms with Gasteiger partial charge in [0.25, 0.3) is 6.71 Å². The van der Waals surface area contributed by atoms with Crippen LogP contribution in [0.25, 0.3) is 44.5 Å². The lowest BCUT2D eigenvalue weighted by Gasteiger charge is -2.44. The van der Waals surface area contributed by atoms with E-state index in [-0.39, 0.29) is 17.5 Å². The smallest absolute Gasteiger partial charge is 0.264 e. The highest BCUT2D eigenvalue weighted by Crippen LogP contribution is 2.67. The Hall–Kier alpha value is -7.66. The van der Waals surface area contributed by atoms with Gasteiger partial charge in [0.1, 0.15) is 0 Å². The van der Waals surface area contributed by atoms with E-state index in [1.807, 2.05) is 0 Å². The molecule has 0 saturated carbocycles. The zero-order valence-electron chi connectivity index (χ0n) is 43.9. The molecular formula is C70H59BN2S. The second-order valence-electron chi connectivity index (χ2n) is 23.5. The van der Waals surface area contributed by atoms with Crippen LogP contribution in [0.15, 0.2) is 194 Å². The Morgan fingerprint density at radius 3 is 1.68 bits per heavy atom. The van der Waals surface area contributed by atoms with E-state index in [0.717, 1.165) is 5.69 Å². The molecule has 0 saturated heterocycles. The molecule has 0 bridgehead atoms. The molecule has 0 unspecified atom stereocenters. The number of thiophene rings is 1. The van der Waals surface area contributed by atoms with Crippen LogP contribution in [0.5, 0.6) is 0 Å². The minimum atomic E-state index is -0.472. The highest BCUT2D eigenvalue weighted by Gasteiger charge is 2.57. The predicted molar refractivity (Wildman–Crippen MR) is 317 cm³/mol. The zero-order chi connectivity index (χ0) is 50.6. The molecule has 2 aliphatic carbocycles. The quantitative estimate of drug-likeness (QED) is 0.162. The molecule has 2 aliphatic heterocycles. The van der Waals surface area contributed by atoms with Gasteiger partial charge in [-0.15, -0.1) is 11.3 Å². The van der Waals surface area contributed by atoms with E-state index in [4.69, 9.17) is 0 Å². The molecule has 0 amide bonds. The molecule has 0 radical (unpaired) electrons. The number of benzene rings is 9. The number of hydrogen-bond acceptors (Lipinski definition) is 3. The normalized spacial score (nSPS) is 14.3. The Morgan fingerprint density at radius 2 is 1.00 bits per heavy atom. The third-order valence-corrected chi connectivity index (χ3v) is 18.1. The van der Waals surface area contributed by atoms with Gasteiger partial charge in [-0.25, -0.2) is 0 Å². The molecule has 9 aromatic carbocycles. The van der Waals surface area contributed by atoms with Crippen molar-refractivity contribution in [3.05, 3.63) is 244 Å². The Labute approximate surface area is 441 Å². The molecule has 4 aliphatic rings. The molecule has 3 heterocycles. The summed E-state index contributed by atoms with van der Waals surface area (Å²) in [4.78, 5) is 6.69. The van der Waals surface area contributed by atoms with Crippen LogP contribution in [0.1, 0.15) is 90.9 Å². The molecule has 358 valence electrons. The van der Waals surface area contributed by atoms with Gasteiger partial charge in [0, 0.05) is 43.7 Å². The average Bonchev–Trinajstić information content (AvgIpc) is 4.06. The van der Waals surface area contributed by atoms with Crippen molar-refractivity contribution in [1.29, 1.82) is 0 Å². The third-order valence-electron chi connectivity index (χ3n) is 16.7. The van der Waals surface area contributed by atoms with Crippen molar-refractivity contribution in [2.24, 2.45) is 0 Å². The summed E-state index contributed by atoms with van der Waals surface area (Å²) in [6.45, 7) is 20.6. The molecule has 0 fully saturated rings. The van der Waals surface area contributed by atoms with E-state index in [1.54, 1.807) is 0 Å². The summed E-state index contributed by atoms with van der Waals surface area (Å²) in [6, 6.07) is 75.0. The number of rotatable bonds is 4. The third kappa shape index (κ3) is 6.37. The SMILES string of the molecule is Cc1ccc(N2c3cc(-c4cc(C(C)(C)C)ccc4-c4ccccc4)ccc3B3c4sc5c(c4N(c4ccc(C(C)(C)C)cc4)c4cc(C)cc2c43)-c2ccc(C)cc2C52c3ccccc3-c3ccccc32)cc1. The first-order valence-corrected chi connectivity index (χ1v) is 27.3. The maximum atomic E-state index is 2.67. The number of anilines is 6. The largest absolute Gasteiger partial charge is 0.311 e. The summed E-state index contributed by atoms with van der Waals surface area (Å²) in [6.07, 6.45) is 0. The maximum absolute atomic E-state index is 2.67. The van der Waals surface area contributed by atoms with E-state index in [0.29, 0.717) is 0 Å². The van der Waals surface area contributed by atoms with Gasteiger partial charge in [-0.2, -0.15) is 0 Å². The first-order chi connectivity index (χ1) is 35.7. The summed E-state index contributed by atoms with van der Waals surface area (Å²) in [5.74, 6) is 0. The van der Waals surface area contributed by atoms with E-state index in [2.05, 4.69) is 278 Å². The van der Waals surface area contributed by atoms with Gasteiger partial charge >= 0.3 is 0 Å². The standard InChI is InChI=1S/C70H59BN2S/c1-42-23-30-49(31-24-42)72-60-40-46(55-41-48(69(7,8)9)29-35-51(55)45-17-11-10-12-18-45)26-36-59(60)71-64-61(72)38-44(3)39-62(64)73(50-32-27-47(28-33-50)68(4,5)6)65-63-54-34-25-43(2)37-58(54)70(66(63)74-67(65)71)56-21-15-13-19-52(56)53-20-14-16-22-57(53)70/h10-41H,1-9H3. The lowest BCUT2D eigenvalue weighted by atomic mass is 9.36. The van der Waals surface area contributed by atoms with E-state index in [9.17, 15) is 0 Å². The van der Waals surface area contributed by atoms with Gasteiger partial charge < -0.3 is 9.80 Å². The van der Waals surface area contributed by atoms with Crippen molar-refractivity contribution in [3.63, 3.8) is 0 Å². The van der Waals surface area contributed by atoms with Crippen molar-refractivity contribution < 1.29 is 0 Å². The molecule has 10 aromatic rings. The Morgan fingerprint density at radius 1 is 0.419 bits per heavy atom. The summed E-state index contributed by atoms with van der Waals surface area (Å²) >= 11 is 2.07. The van der Waals surface area contributed by atoms with E-state index < -0.39 is 5.41 Å². The highest BCUT2D eigenvalue weighted by atomic mass is 32.1. The second-order valence-corrected chi connectivity index (χ2v) is 24.6. The van der Waals surface area contributed by atoms with Crippen LogP contribution in [-0.4, -0.2) is 6.71 Å². The minimum Gasteiger partial charge on any atom is -0.311 e. The minimum absolute atomic E-state index is 0.0161. The molecule has 4 heteroatoms. The van der Waals surface area contributed by atoms with Crippen LogP contribution in [0.4, 0.5) is 34.1 Å². The molecule has 74 heavy (non-hydrogen) atoms. The number of nitrogens with zero attached hydrogens (tertiary/aromatic N) is 2. The molecule has 0 atom stereocenters. The average molecular weight is 971 g/mol. The van der Waals surface area contributed by atoms with Crippen LogP contribution in [0.3, 0.4) is 0 Å². The van der Waals surface area contributed by atoms with Gasteiger partial charge in [0.2, 0.25) is 0 Å². The fourth-order valence-corrected chi connectivity index (χ4v) is 14.8. The monoisotopic (exact) mass is 970 g/mol. The van der Waals surface area contributed by atoms with Crippen molar-refractivity contribution in [3.8, 4) is 44.5 Å². The summed E-state index contributed by atoms with van der Waals surface area (Å²) in [7, 11) is 0. The molecule has 1 aromatic heterocycles. The lowest BCUT2D eigenvalue weighted by molar-refractivity contribution is 0.590. The first kappa shape index (κ1) is 45.0. The first-order valence-electron chi connectivity index (χ1n) is 26.4.